The number of aromatic hydroxyl groups is 1. The second-order valence-electron chi connectivity index (χ2n) is 6.52. The summed E-state index contributed by atoms with van der Waals surface area (Å²) in [6.45, 7) is 0.100. The van der Waals surface area contributed by atoms with Crippen LogP contribution in [0.15, 0.2) is 54.3 Å². The highest BCUT2D eigenvalue weighted by atomic mass is 35.5. The lowest BCUT2D eigenvalue weighted by Gasteiger charge is -2.44. The number of hydrogen-bond donors (Lipinski definition) is 3. The van der Waals surface area contributed by atoms with Crippen LogP contribution in [0.1, 0.15) is 11.6 Å². The van der Waals surface area contributed by atoms with E-state index in [2.05, 4.69) is 10.7 Å². The zero-order valence-corrected chi connectivity index (χ0v) is 16.1. The van der Waals surface area contributed by atoms with Crippen LogP contribution in [0.3, 0.4) is 0 Å². The molecule has 9 heteroatoms. The number of carbonyl (C=O) groups excluding carboxylic acids is 2. The molecule has 2 aliphatic heterocycles. The monoisotopic (exact) mass is 415 g/mol. The Labute approximate surface area is 171 Å². The number of rotatable bonds is 5. The average Bonchev–Trinajstić information content (AvgIpc) is 2.88. The van der Waals surface area contributed by atoms with Gasteiger partial charge in [0.05, 0.1) is 25.4 Å². The number of phenolic OH excluding ortho intramolecular Hbond substituents is 1. The fraction of sp³-hybridized carbons (Fsp3) is 0.200. The summed E-state index contributed by atoms with van der Waals surface area (Å²) in [7, 11) is 1.44. The molecule has 1 fully saturated rings. The summed E-state index contributed by atoms with van der Waals surface area (Å²) >= 11 is 6.22. The number of β-lactam (4-membered cyclic amide) rings is 1. The lowest BCUT2D eigenvalue weighted by atomic mass is 9.95. The van der Waals surface area contributed by atoms with Gasteiger partial charge in [-0.15, -0.1) is 11.6 Å². The number of phenols is 1. The molecule has 2 amide bonds. The quantitative estimate of drug-likeness (QED) is 0.512. The summed E-state index contributed by atoms with van der Waals surface area (Å²) in [5.41, 5.74) is 4.24. The van der Waals surface area contributed by atoms with Gasteiger partial charge in [0.25, 0.3) is 11.8 Å². The summed E-state index contributed by atoms with van der Waals surface area (Å²) in [5.74, 6) is 0.513. The molecule has 2 atom stereocenters. The molecule has 0 aliphatic carbocycles. The van der Waals surface area contributed by atoms with E-state index in [4.69, 9.17) is 21.1 Å². The van der Waals surface area contributed by atoms with E-state index in [1.165, 1.54) is 24.3 Å². The van der Waals surface area contributed by atoms with Crippen molar-refractivity contribution in [1.82, 2.24) is 10.4 Å². The second kappa shape index (κ2) is 7.65. The van der Waals surface area contributed by atoms with Gasteiger partial charge < -0.3 is 19.9 Å². The van der Waals surface area contributed by atoms with Gasteiger partial charge in [0.2, 0.25) is 0 Å². The molecule has 0 spiro atoms. The smallest absolute Gasteiger partial charge is 0.257 e. The standard InChI is InChI=1S/C20H18ClN3O5/c1-28-16-8-11(6-7-14(16)25)19-18(21)20(27)24(19)22-10-12-9-17(26)23-13-4-2-3-5-15(13)29-12/h2-9,18-19,22,25H,10H2,1H3,(H,23,26). The largest absolute Gasteiger partial charge is 0.504 e. The number of alkyl halides is 1. The Balaban J connectivity index is 1.50. The van der Waals surface area contributed by atoms with Crippen LogP contribution >= 0.6 is 11.6 Å². The number of methoxy groups -OCH3 is 1. The van der Waals surface area contributed by atoms with Crippen molar-refractivity contribution in [3.63, 3.8) is 0 Å². The lowest BCUT2D eigenvalue weighted by molar-refractivity contribution is -0.151. The average molecular weight is 416 g/mol. The molecule has 4 rings (SSSR count). The molecular weight excluding hydrogens is 398 g/mol. The molecule has 0 bridgehead atoms. The third-order valence-corrected chi connectivity index (χ3v) is 5.10. The molecule has 29 heavy (non-hydrogen) atoms. The van der Waals surface area contributed by atoms with E-state index in [9.17, 15) is 14.7 Å². The summed E-state index contributed by atoms with van der Waals surface area (Å²) in [4.78, 5) is 24.3. The first-order valence-electron chi connectivity index (χ1n) is 8.84. The van der Waals surface area contributed by atoms with Gasteiger partial charge in [-0.3, -0.25) is 14.6 Å². The van der Waals surface area contributed by atoms with Crippen LogP contribution in [-0.2, 0) is 9.59 Å². The summed E-state index contributed by atoms with van der Waals surface area (Å²) in [5, 5.41) is 13.1. The van der Waals surface area contributed by atoms with Gasteiger partial charge in [-0.05, 0) is 29.8 Å². The molecular formula is C20H18ClN3O5. The molecule has 2 unspecified atom stereocenters. The third-order valence-electron chi connectivity index (χ3n) is 4.68. The SMILES string of the molecule is COc1cc(C2C(Cl)C(=O)N2NCC2=CC(=O)Nc3ccccc3O2)ccc1O. The molecule has 1 saturated heterocycles. The molecule has 8 nitrogen and oxygen atoms in total. The summed E-state index contributed by atoms with van der Waals surface area (Å²) in [6, 6.07) is 11.4. The van der Waals surface area contributed by atoms with Gasteiger partial charge >= 0.3 is 0 Å². The van der Waals surface area contributed by atoms with Crippen molar-refractivity contribution < 1.29 is 24.2 Å². The fourth-order valence-corrected chi connectivity index (χ4v) is 3.58. The molecule has 3 N–H and O–H groups in total. The zero-order chi connectivity index (χ0) is 20.5. The minimum atomic E-state index is -0.759. The number of fused-ring (bicyclic) bond motifs is 1. The number of benzene rings is 2. The van der Waals surface area contributed by atoms with Crippen LogP contribution in [0.2, 0.25) is 0 Å². The number of hydrazine groups is 1. The van der Waals surface area contributed by atoms with Crippen molar-refractivity contribution in [1.29, 1.82) is 0 Å². The number of ether oxygens (including phenoxy) is 2. The van der Waals surface area contributed by atoms with Gasteiger partial charge in [-0.25, -0.2) is 5.43 Å². The van der Waals surface area contributed by atoms with Gasteiger partial charge in [-0.2, -0.15) is 0 Å². The summed E-state index contributed by atoms with van der Waals surface area (Å²) < 4.78 is 10.9. The maximum Gasteiger partial charge on any atom is 0.257 e. The topological polar surface area (TPSA) is 100 Å². The van der Waals surface area contributed by atoms with Gasteiger partial charge in [0.1, 0.15) is 11.1 Å². The van der Waals surface area contributed by atoms with E-state index >= 15 is 0 Å². The van der Waals surface area contributed by atoms with Crippen LogP contribution < -0.4 is 20.2 Å². The molecule has 2 aromatic rings. The molecule has 0 saturated carbocycles. The minimum absolute atomic E-state index is 0.00535. The first-order chi connectivity index (χ1) is 14.0. The highest BCUT2D eigenvalue weighted by Crippen LogP contribution is 2.40. The number of halogens is 1. The van der Waals surface area contributed by atoms with Gasteiger partial charge in [0, 0.05) is 6.08 Å². The van der Waals surface area contributed by atoms with Crippen LogP contribution in [0, 0.1) is 0 Å². The van der Waals surface area contributed by atoms with E-state index in [0.717, 1.165) is 0 Å². The first kappa shape index (κ1) is 19.1. The molecule has 150 valence electrons. The van der Waals surface area contributed by atoms with E-state index < -0.39 is 11.4 Å². The van der Waals surface area contributed by atoms with Gasteiger partial charge in [-0.1, -0.05) is 18.2 Å². The fourth-order valence-electron chi connectivity index (χ4n) is 3.22. The zero-order valence-electron chi connectivity index (χ0n) is 15.4. The molecule has 2 aromatic carbocycles. The molecule has 0 aromatic heterocycles. The Morgan fingerprint density at radius 2 is 2.07 bits per heavy atom. The number of hydrogen-bond acceptors (Lipinski definition) is 6. The van der Waals surface area contributed by atoms with Crippen LogP contribution in [0.25, 0.3) is 0 Å². The third kappa shape index (κ3) is 3.59. The Morgan fingerprint density at radius 1 is 1.28 bits per heavy atom. The van der Waals surface area contributed by atoms with Crippen LogP contribution in [0.4, 0.5) is 5.69 Å². The van der Waals surface area contributed by atoms with Gasteiger partial charge in [0.15, 0.2) is 17.2 Å². The maximum atomic E-state index is 12.3. The Morgan fingerprint density at radius 3 is 2.86 bits per heavy atom. The van der Waals surface area contributed by atoms with Crippen LogP contribution in [-0.4, -0.2) is 41.0 Å². The number of anilines is 1. The number of amides is 2. The van der Waals surface area contributed by atoms with E-state index in [-0.39, 0.29) is 29.9 Å². The van der Waals surface area contributed by atoms with Crippen molar-refractivity contribution >= 4 is 29.1 Å². The number of nitrogens with zero attached hydrogens (tertiary/aromatic N) is 1. The van der Waals surface area contributed by atoms with E-state index in [0.29, 0.717) is 22.8 Å². The van der Waals surface area contributed by atoms with Crippen molar-refractivity contribution in [2.75, 3.05) is 19.0 Å². The number of para-hydroxylation sites is 2. The molecule has 2 heterocycles. The molecule has 0 radical (unpaired) electrons. The predicted molar refractivity (Wildman–Crippen MR) is 106 cm³/mol. The summed E-state index contributed by atoms with van der Waals surface area (Å²) in [6.07, 6.45) is 1.33. The molecule has 2 aliphatic rings. The van der Waals surface area contributed by atoms with E-state index in [1.807, 2.05) is 0 Å². The maximum absolute atomic E-state index is 12.3. The van der Waals surface area contributed by atoms with Crippen molar-refractivity contribution in [3.05, 3.63) is 59.9 Å². The van der Waals surface area contributed by atoms with E-state index in [1.54, 1.807) is 36.4 Å². The second-order valence-corrected chi connectivity index (χ2v) is 6.99. The minimum Gasteiger partial charge on any atom is -0.504 e. The van der Waals surface area contributed by atoms with Crippen molar-refractivity contribution in [2.45, 2.75) is 11.4 Å². The normalized spacial score (nSPS) is 20.6. The predicted octanol–water partition coefficient (Wildman–Crippen LogP) is 2.31. The van der Waals surface area contributed by atoms with Crippen molar-refractivity contribution in [2.24, 2.45) is 0 Å². The number of carbonyl (C=O) groups is 2. The highest BCUT2D eigenvalue weighted by Gasteiger charge is 2.47. The lowest BCUT2D eigenvalue weighted by Crippen LogP contribution is -2.62. The van der Waals surface area contributed by atoms with Crippen LogP contribution in [0.5, 0.6) is 17.2 Å². The Kier molecular flexibility index (Phi) is 5.04. The number of nitrogens with one attached hydrogen (secondary N) is 2. The Bertz CT molecular complexity index is 1010. The highest BCUT2D eigenvalue weighted by molar-refractivity contribution is 6.33. The van der Waals surface area contributed by atoms with Crippen molar-refractivity contribution in [3.8, 4) is 17.2 Å². The first-order valence-corrected chi connectivity index (χ1v) is 9.27. The Hall–Kier alpha value is -3.23.